The van der Waals surface area contributed by atoms with Gasteiger partial charge in [0, 0.05) is 19.0 Å². The Morgan fingerprint density at radius 3 is 2.24 bits per heavy atom. The van der Waals surface area contributed by atoms with Crippen LogP contribution in [0.2, 0.25) is 13.1 Å². The zero-order chi connectivity index (χ0) is 13.6. The van der Waals surface area contributed by atoms with Crippen LogP contribution < -0.4 is 5.32 Å². The van der Waals surface area contributed by atoms with Gasteiger partial charge in [0.2, 0.25) is 5.91 Å². The molecule has 0 aliphatic heterocycles. The number of carbonyl (C=O) groups excluding carboxylic acids is 1. The minimum absolute atomic E-state index is 0.0215. The molecule has 4 heteroatoms. The molecule has 0 fully saturated rings. The molecule has 0 atom stereocenters. The number of amides is 1. The first-order chi connectivity index (χ1) is 7.65. The summed E-state index contributed by atoms with van der Waals surface area (Å²) in [5, 5.41) is 2.87. The van der Waals surface area contributed by atoms with Crippen molar-refractivity contribution in [2.24, 2.45) is 11.3 Å². The Morgan fingerprint density at radius 2 is 1.82 bits per heavy atom. The SMILES string of the molecule is CB(CC(=O)NC(C)C)OCC(C)(C)C(C)C. The van der Waals surface area contributed by atoms with Crippen LogP contribution in [0.5, 0.6) is 0 Å². The molecule has 0 aliphatic rings. The average molecular weight is 241 g/mol. The van der Waals surface area contributed by atoms with Crippen LogP contribution in [0.25, 0.3) is 0 Å². The molecule has 0 radical (unpaired) electrons. The summed E-state index contributed by atoms with van der Waals surface area (Å²) in [6.45, 7) is 15.3. The van der Waals surface area contributed by atoms with E-state index in [2.05, 4.69) is 33.0 Å². The maximum Gasteiger partial charge on any atom is 0.299 e. The third kappa shape index (κ3) is 7.42. The summed E-state index contributed by atoms with van der Waals surface area (Å²) in [4.78, 5) is 11.5. The summed E-state index contributed by atoms with van der Waals surface area (Å²) in [5.41, 5.74) is 0.156. The van der Waals surface area contributed by atoms with Crippen LogP contribution in [0.3, 0.4) is 0 Å². The molecule has 0 aromatic carbocycles. The molecule has 0 bridgehead atoms. The summed E-state index contributed by atoms with van der Waals surface area (Å²) in [6, 6.07) is 0.196. The molecule has 0 rings (SSSR count). The molecule has 0 saturated heterocycles. The summed E-state index contributed by atoms with van der Waals surface area (Å²) in [5.74, 6) is 0.633. The van der Waals surface area contributed by atoms with Crippen LogP contribution >= 0.6 is 0 Å². The van der Waals surface area contributed by atoms with Gasteiger partial charge in [-0.25, -0.2) is 0 Å². The largest absolute Gasteiger partial charge is 0.435 e. The van der Waals surface area contributed by atoms with Gasteiger partial charge in [-0.1, -0.05) is 34.5 Å². The van der Waals surface area contributed by atoms with Crippen molar-refractivity contribution in [3.63, 3.8) is 0 Å². The smallest absolute Gasteiger partial charge is 0.299 e. The predicted molar refractivity (Wildman–Crippen MR) is 74.3 cm³/mol. The van der Waals surface area contributed by atoms with Crippen molar-refractivity contribution in [1.82, 2.24) is 5.32 Å². The zero-order valence-corrected chi connectivity index (χ0v) is 12.5. The molecule has 17 heavy (non-hydrogen) atoms. The van der Waals surface area contributed by atoms with Crippen molar-refractivity contribution in [3.05, 3.63) is 0 Å². The van der Waals surface area contributed by atoms with Gasteiger partial charge in [-0.2, -0.15) is 0 Å². The van der Waals surface area contributed by atoms with Gasteiger partial charge in [-0.3, -0.25) is 4.79 Å². The molecule has 0 saturated carbocycles. The molecule has 3 nitrogen and oxygen atoms in total. The standard InChI is InChI=1S/C13H28BNO2/c1-10(2)13(5,6)9-17-14(7)8-12(16)15-11(3)4/h10-11H,8-9H2,1-7H3,(H,15,16). The molecule has 0 aromatic heterocycles. The maximum absolute atomic E-state index is 11.5. The van der Waals surface area contributed by atoms with Crippen molar-refractivity contribution in [3.8, 4) is 0 Å². The Kier molecular flexibility index (Phi) is 6.84. The van der Waals surface area contributed by atoms with Crippen molar-refractivity contribution in [1.29, 1.82) is 0 Å². The predicted octanol–water partition coefficient (Wildman–Crippen LogP) is 2.83. The van der Waals surface area contributed by atoms with Gasteiger partial charge in [0.05, 0.1) is 0 Å². The van der Waals surface area contributed by atoms with E-state index in [1.807, 2.05) is 20.7 Å². The lowest BCUT2D eigenvalue weighted by Gasteiger charge is -2.30. The van der Waals surface area contributed by atoms with E-state index in [1.165, 1.54) is 0 Å². The fourth-order valence-electron chi connectivity index (χ4n) is 1.22. The van der Waals surface area contributed by atoms with Crippen LogP contribution in [0.1, 0.15) is 41.5 Å². The first-order valence-electron chi connectivity index (χ1n) is 6.56. The zero-order valence-electron chi connectivity index (χ0n) is 12.5. The topological polar surface area (TPSA) is 38.3 Å². The highest BCUT2D eigenvalue weighted by Crippen LogP contribution is 2.26. The van der Waals surface area contributed by atoms with E-state index in [1.54, 1.807) is 0 Å². The van der Waals surface area contributed by atoms with E-state index in [4.69, 9.17) is 4.65 Å². The van der Waals surface area contributed by atoms with Crippen LogP contribution in [-0.4, -0.2) is 25.5 Å². The van der Waals surface area contributed by atoms with Crippen LogP contribution in [0, 0.1) is 11.3 Å². The number of carbonyl (C=O) groups is 1. The second-order valence-electron chi connectivity index (χ2n) is 6.19. The Labute approximate surface area is 107 Å². The van der Waals surface area contributed by atoms with Gasteiger partial charge in [0.15, 0.2) is 0 Å². The molecule has 0 spiro atoms. The van der Waals surface area contributed by atoms with Gasteiger partial charge in [0.25, 0.3) is 6.92 Å². The molecular formula is C13H28BNO2. The van der Waals surface area contributed by atoms with E-state index < -0.39 is 0 Å². The number of hydrogen-bond acceptors (Lipinski definition) is 2. The monoisotopic (exact) mass is 241 g/mol. The minimum Gasteiger partial charge on any atom is -0.435 e. The third-order valence-electron chi connectivity index (χ3n) is 3.23. The molecule has 1 amide bonds. The average Bonchev–Trinajstić information content (AvgIpc) is 2.13. The minimum atomic E-state index is -0.0215. The Morgan fingerprint density at radius 1 is 1.29 bits per heavy atom. The number of hydrogen-bond donors (Lipinski definition) is 1. The number of nitrogens with one attached hydrogen (secondary N) is 1. The molecule has 0 heterocycles. The van der Waals surface area contributed by atoms with Gasteiger partial charge in [-0.15, -0.1) is 0 Å². The van der Waals surface area contributed by atoms with Gasteiger partial charge in [0.1, 0.15) is 0 Å². The first-order valence-corrected chi connectivity index (χ1v) is 6.56. The highest BCUT2D eigenvalue weighted by molar-refractivity contribution is 6.54. The Bertz CT molecular complexity index is 240. The van der Waals surface area contributed by atoms with Crippen LogP contribution in [0.4, 0.5) is 0 Å². The second kappa shape index (κ2) is 7.05. The second-order valence-corrected chi connectivity index (χ2v) is 6.19. The summed E-state index contributed by atoms with van der Waals surface area (Å²) >= 11 is 0. The van der Waals surface area contributed by atoms with Crippen molar-refractivity contribution < 1.29 is 9.45 Å². The van der Waals surface area contributed by atoms with Crippen molar-refractivity contribution >= 4 is 12.8 Å². The summed E-state index contributed by atoms with van der Waals surface area (Å²) in [7, 11) is 0. The molecule has 0 aromatic rings. The molecular weight excluding hydrogens is 213 g/mol. The summed E-state index contributed by atoms with van der Waals surface area (Å²) < 4.78 is 5.76. The lowest BCUT2D eigenvalue weighted by molar-refractivity contribution is -0.119. The summed E-state index contributed by atoms with van der Waals surface area (Å²) in [6.07, 6.45) is 0.437. The van der Waals surface area contributed by atoms with E-state index in [9.17, 15) is 4.79 Å². The fourth-order valence-corrected chi connectivity index (χ4v) is 1.22. The quantitative estimate of drug-likeness (QED) is 0.696. The molecule has 1 N–H and O–H groups in total. The molecule has 0 unspecified atom stereocenters. The van der Waals surface area contributed by atoms with E-state index in [0.29, 0.717) is 18.8 Å². The lowest BCUT2D eigenvalue weighted by Crippen LogP contribution is -2.35. The molecule has 0 aliphatic carbocycles. The molecule has 100 valence electrons. The lowest BCUT2D eigenvalue weighted by atomic mass is 9.66. The first kappa shape index (κ1) is 16.5. The van der Waals surface area contributed by atoms with E-state index in [-0.39, 0.29) is 24.3 Å². The third-order valence-corrected chi connectivity index (χ3v) is 3.23. The van der Waals surface area contributed by atoms with E-state index >= 15 is 0 Å². The van der Waals surface area contributed by atoms with Gasteiger partial charge >= 0.3 is 0 Å². The van der Waals surface area contributed by atoms with Crippen molar-refractivity contribution in [2.45, 2.75) is 60.7 Å². The van der Waals surface area contributed by atoms with Gasteiger partial charge < -0.3 is 9.97 Å². The normalized spacial score (nSPS) is 12.1. The maximum atomic E-state index is 11.5. The van der Waals surface area contributed by atoms with Crippen molar-refractivity contribution in [2.75, 3.05) is 6.61 Å². The van der Waals surface area contributed by atoms with E-state index in [0.717, 1.165) is 0 Å². The van der Waals surface area contributed by atoms with Gasteiger partial charge in [-0.05, 0) is 25.2 Å². The Balaban J connectivity index is 3.95. The van der Waals surface area contributed by atoms with Crippen LogP contribution in [-0.2, 0) is 9.45 Å². The number of rotatable bonds is 7. The van der Waals surface area contributed by atoms with Crippen LogP contribution in [0.15, 0.2) is 0 Å². The highest BCUT2D eigenvalue weighted by atomic mass is 16.4. The fraction of sp³-hybridized carbons (Fsp3) is 0.923. The Hall–Kier alpha value is -0.505. The highest BCUT2D eigenvalue weighted by Gasteiger charge is 2.25.